The van der Waals surface area contributed by atoms with Gasteiger partial charge in [-0.15, -0.1) is 23.1 Å². The van der Waals surface area contributed by atoms with E-state index in [1.807, 2.05) is 18.2 Å². The summed E-state index contributed by atoms with van der Waals surface area (Å²) in [5.41, 5.74) is 7.40. The van der Waals surface area contributed by atoms with Gasteiger partial charge in [-0.1, -0.05) is 114 Å². The maximum absolute atomic E-state index is 12.0. The minimum Gasteiger partial charge on any atom is -0.477 e. The smallest absolute Gasteiger partial charge is 0.346 e. The monoisotopic (exact) mass is 825 g/mol. The van der Waals surface area contributed by atoms with Gasteiger partial charge in [-0.25, -0.2) is 9.59 Å². The fourth-order valence-corrected chi connectivity index (χ4v) is 11.5. The average molecular weight is 826 g/mol. The number of allylic oxidation sites excluding steroid dienone is 3. The number of carboxylic acid groups (broad SMARTS) is 2. The quantitative estimate of drug-likeness (QED) is 0.0783. The predicted molar refractivity (Wildman–Crippen MR) is 243 cm³/mol. The van der Waals surface area contributed by atoms with Crippen LogP contribution >= 0.6 is 23.1 Å². The molecule has 2 aliphatic heterocycles. The summed E-state index contributed by atoms with van der Waals surface area (Å²) in [6.07, 6.45) is 21.7. The van der Waals surface area contributed by atoms with Crippen LogP contribution in [0.4, 0.5) is 11.4 Å². The van der Waals surface area contributed by atoms with Gasteiger partial charge in [0.1, 0.15) is 23.3 Å². The minimum atomic E-state index is -1.23. The number of fused-ring (bicyclic) bond motifs is 2. The van der Waals surface area contributed by atoms with Gasteiger partial charge >= 0.3 is 11.9 Å². The number of para-hydroxylation sites is 1. The van der Waals surface area contributed by atoms with Crippen LogP contribution in [0.1, 0.15) is 115 Å². The van der Waals surface area contributed by atoms with Crippen LogP contribution in [0.2, 0.25) is 0 Å². The fraction of sp³-hybridized carbons (Fsp3) is 0.400. The number of benzene rings is 2. The first-order valence-electron chi connectivity index (χ1n) is 21.0. The molecule has 2 N–H and O–H groups in total. The van der Waals surface area contributed by atoms with Crippen LogP contribution < -0.4 is 4.90 Å². The van der Waals surface area contributed by atoms with Gasteiger partial charge in [0.15, 0.2) is 0 Å². The molecule has 2 aromatic carbocycles. The molecule has 0 fully saturated rings. The molecule has 0 saturated carbocycles. The Hall–Kier alpha value is -5.09. The van der Waals surface area contributed by atoms with E-state index in [1.54, 1.807) is 29.2 Å². The van der Waals surface area contributed by atoms with Crippen LogP contribution in [0.15, 0.2) is 106 Å². The van der Waals surface area contributed by atoms with Crippen molar-refractivity contribution < 1.29 is 19.8 Å². The maximum atomic E-state index is 12.0. The average Bonchev–Trinajstić information content (AvgIpc) is 3.79. The molecule has 3 atom stereocenters. The number of carbonyl (C=O) groups is 2. The second-order valence-corrected chi connectivity index (χ2v) is 19.4. The summed E-state index contributed by atoms with van der Waals surface area (Å²) in [6, 6.07) is 23.2. The van der Waals surface area contributed by atoms with E-state index in [2.05, 4.69) is 106 Å². The number of hydrogen-bond donors (Lipinski definition) is 2. The van der Waals surface area contributed by atoms with Crippen LogP contribution in [0.3, 0.4) is 0 Å². The standard InChI is InChI=1S/C50H55N3O4S2/c1-6-8-10-13-17-33-25-40(26-37(31-51)47(54)55)58-45(33)34-21-23-43-41(27-34)49(3,4)42-28-35(22-24-44(42)53(43)39-19-15-12-16-20-39)46-36(18-14-11-9-7-2)29-50(5,59-46)30-38(32-52)48(56)57/h12,15-16,19-28,30,42,44H,6-11,13-14,17-18,29H2,1-5H3,(H,54,55)(H,56,57)/b37-26+,38-30+. The van der Waals surface area contributed by atoms with Crippen LogP contribution in [0.25, 0.3) is 16.5 Å². The summed E-state index contributed by atoms with van der Waals surface area (Å²) in [5.74, 6) is -2.35. The number of thioether (sulfide) groups is 1. The van der Waals surface area contributed by atoms with E-state index in [-0.39, 0.29) is 28.5 Å². The van der Waals surface area contributed by atoms with Crippen molar-refractivity contribution in [2.75, 3.05) is 4.90 Å². The highest BCUT2D eigenvalue weighted by Crippen LogP contribution is 2.56. The first-order chi connectivity index (χ1) is 28.3. The third kappa shape index (κ3) is 9.54. The van der Waals surface area contributed by atoms with Gasteiger partial charge in [-0.3, -0.25) is 0 Å². The van der Waals surface area contributed by atoms with Crippen LogP contribution in [-0.4, -0.2) is 32.9 Å². The van der Waals surface area contributed by atoms with Crippen molar-refractivity contribution >= 4 is 52.5 Å². The van der Waals surface area contributed by atoms with Gasteiger partial charge in [-0.05, 0) is 104 Å². The van der Waals surface area contributed by atoms with Crippen molar-refractivity contribution in [2.24, 2.45) is 5.92 Å². The van der Waals surface area contributed by atoms with Crippen LogP contribution in [0, 0.1) is 28.6 Å². The van der Waals surface area contributed by atoms with Gasteiger partial charge in [0, 0.05) is 42.1 Å². The van der Waals surface area contributed by atoms with E-state index >= 15 is 0 Å². The first-order valence-corrected chi connectivity index (χ1v) is 22.6. The zero-order valence-electron chi connectivity index (χ0n) is 34.9. The molecule has 1 aromatic heterocycles. The van der Waals surface area contributed by atoms with Crippen LogP contribution in [-0.2, 0) is 21.4 Å². The summed E-state index contributed by atoms with van der Waals surface area (Å²) >= 11 is 3.24. The van der Waals surface area contributed by atoms with E-state index in [9.17, 15) is 30.3 Å². The molecule has 7 nitrogen and oxygen atoms in total. The SMILES string of the molecule is CCCCCCC1=C(C2=CC3C(C=C2)N(c2ccccc2)c2ccc(-c4sc(/C=C(\C#N)C(=O)O)cc4CCCCCC)cc2C3(C)C)SC(C)(/C=C(\C#N)C(=O)O)C1. The van der Waals surface area contributed by atoms with Gasteiger partial charge < -0.3 is 15.1 Å². The number of hydrogen-bond acceptors (Lipinski definition) is 7. The second-order valence-electron chi connectivity index (χ2n) is 16.8. The van der Waals surface area contributed by atoms with Gasteiger partial charge in [0.25, 0.3) is 0 Å². The Kier molecular flexibility index (Phi) is 13.9. The topological polar surface area (TPSA) is 125 Å². The summed E-state index contributed by atoms with van der Waals surface area (Å²) in [6.45, 7) is 11.1. The normalized spacial score (nSPS) is 21.1. The zero-order chi connectivity index (χ0) is 42.3. The summed E-state index contributed by atoms with van der Waals surface area (Å²) in [7, 11) is 0. The number of carboxylic acids is 2. The van der Waals surface area contributed by atoms with Gasteiger partial charge in [0.05, 0.1) is 6.04 Å². The summed E-state index contributed by atoms with van der Waals surface area (Å²) in [4.78, 5) is 29.3. The Morgan fingerprint density at radius 2 is 1.56 bits per heavy atom. The molecule has 6 rings (SSSR count). The lowest BCUT2D eigenvalue weighted by atomic mass is 9.64. The molecule has 0 radical (unpaired) electrons. The summed E-state index contributed by atoms with van der Waals surface area (Å²) < 4.78 is -0.550. The lowest BCUT2D eigenvalue weighted by molar-refractivity contribution is -0.133. The number of thiophene rings is 1. The third-order valence-corrected chi connectivity index (χ3v) is 14.6. The lowest BCUT2D eigenvalue weighted by Crippen LogP contribution is -2.50. The number of unbranched alkanes of at least 4 members (excludes halogenated alkanes) is 6. The van der Waals surface area contributed by atoms with Crippen molar-refractivity contribution in [3.63, 3.8) is 0 Å². The molecule has 3 heterocycles. The molecule has 0 spiro atoms. The van der Waals surface area contributed by atoms with E-state index in [0.29, 0.717) is 6.42 Å². The Morgan fingerprint density at radius 3 is 2.20 bits per heavy atom. The molecule has 306 valence electrons. The molecule has 0 saturated heterocycles. The molecule has 3 unspecified atom stereocenters. The molecule has 0 amide bonds. The molecule has 59 heavy (non-hydrogen) atoms. The summed E-state index contributed by atoms with van der Waals surface area (Å²) in [5, 5.41) is 38.7. The number of rotatable bonds is 17. The molecule has 1 aliphatic carbocycles. The first kappa shape index (κ1) is 43.5. The number of anilines is 2. The molecule has 3 aliphatic rings. The van der Waals surface area contributed by atoms with E-state index in [4.69, 9.17) is 0 Å². The lowest BCUT2D eigenvalue weighted by Gasteiger charge is -2.51. The van der Waals surface area contributed by atoms with E-state index < -0.39 is 16.7 Å². The van der Waals surface area contributed by atoms with Crippen molar-refractivity contribution in [2.45, 2.75) is 121 Å². The van der Waals surface area contributed by atoms with Crippen LogP contribution in [0.5, 0.6) is 0 Å². The van der Waals surface area contributed by atoms with Crippen molar-refractivity contribution in [1.29, 1.82) is 10.5 Å². The maximum Gasteiger partial charge on any atom is 0.346 e. The second kappa shape index (κ2) is 18.9. The largest absolute Gasteiger partial charge is 0.477 e. The van der Waals surface area contributed by atoms with Gasteiger partial charge in [-0.2, -0.15) is 10.5 Å². The zero-order valence-corrected chi connectivity index (χ0v) is 36.5. The number of aliphatic carboxylic acids is 2. The Bertz CT molecular complexity index is 2320. The van der Waals surface area contributed by atoms with Gasteiger partial charge in [0.2, 0.25) is 0 Å². The molecular formula is C50H55N3O4S2. The molecule has 3 aromatic rings. The van der Waals surface area contributed by atoms with Crippen molar-refractivity contribution in [3.8, 4) is 22.6 Å². The Morgan fingerprint density at radius 1 is 0.881 bits per heavy atom. The van der Waals surface area contributed by atoms with E-state index in [0.717, 1.165) is 90.1 Å². The number of nitrogens with zero attached hydrogens (tertiary/aromatic N) is 3. The number of nitriles is 2. The number of aryl methyl sites for hydroxylation is 1. The minimum absolute atomic E-state index is 0.0333. The Labute approximate surface area is 358 Å². The highest BCUT2D eigenvalue weighted by atomic mass is 32.2. The van der Waals surface area contributed by atoms with Crippen molar-refractivity contribution in [1.82, 2.24) is 0 Å². The van der Waals surface area contributed by atoms with E-state index in [1.165, 1.54) is 34.1 Å². The third-order valence-electron chi connectivity index (χ3n) is 12.0. The fourth-order valence-electron chi connectivity index (χ4n) is 8.93. The molecule has 0 bridgehead atoms. The predicted octanol–water partition coefficient (Wildman–Crippen LogP) is 13.1. The Balaban J connectivity index is 1.46. The highest BCUT2D eigenvalue weighted by molar-refractivity contribution is 8.05. The highest BCUT2D eigenvalue weighted by Gasteiger charge is 2.47. The van der Waals surface area contributed by atoms with Crippen molar-refractivity contribution in [3.05, 3.63) is 122 Å². The molecular weight excluding hydrogens is 771 g/mol. The molecule has 9 heteroatoms.